The van der Waals surface area contributed by atoms with Crippen molar-refractivity contribution in [1.82, 2.24) is 10.1 Å². The Kier molecular flexibility index (Phi) is 5.42. The van der Waals surface area contributed by atoms with Gasteiger partial charge in [-0.05, 0) is 49.6 Å². The maximum absolute atomic E-state index is 12.9. The topological polar surface area (TPSA) is 66.6 Å². The number of amides is 1. The van der Waals surface area contributed by atoms with Crippen LogP contribution in [-0.4, -0.2) is 28.1 Å². The Labute approximate surface area is 159 Å². The fourth-order valence-corrected chi connectivity index (χ4v) is 3.04. The molecule has 1 atom stereocenters. The molecule has 5 nitrogen and oxygen atoms in total. The summed E-state index contributed by atoms with van der Waals surface area (Å²) >= 11 is 0. The molecule has 1 aromatic heterocycles. The zero-order valence-corrected chi connectivity index (χ0v) is 16.1. The SMILES string of the molecule is Cc1noc(C)c1CN(C)C(=O)c1cccc(-c2ccc([C@@H](C)O)cc2)c1. The van der Waals surface area contributed by atoms with E-state index in [2.05, 4.69) is 5.16 Å². The maximum Gasteiger partial charge on any atom is 0.253 e. The summed E-state index contributed by atoms with van der Waals surface area (Å²) in [6.45, 7) is 5.92. The van der Waals surface area contributed by atoms with Crippen LogP contribution >= 0.6 is 0 Å². The number of benzene rings is 2. The molecule has 0 unspecified atom stereocenters. The summed E-state index contributed by atoms with van der Waals surface area (Å²) in [5.74, 6) is 0.677. The summed E-state index contributed by atoms with van der Waals surface area (Å²) in [4.78, 5) is 14.5. The standard InChI is InChI=1S/C22H24N2O3/c1-14-21(16(3)27-23-14)13-24(4)22(26)20-7-5-6-19(12-20)18-10-8-17(9-11-18)15(2)25/h5-12,15,25H,13H2,1-4H3/t15-/m1/s1. The van der Waals surface area contributed by atoms with Crippen molar-refractivity contribution in [1.29, 1.82) is 0 Å². The Bertz CT molecular complexity index is 923. The number of hydrogen-bond acceptors (Lipinski definition) is 4. The van der Waals surface area contributed by atoms with E-state index in [1.807, 2.05) is 62.4 Å². The van der Waals surface area contributed by atoms with Crippen LogP contribution in [0.25, 0.3) is 11.1 Å². The Hall–Kier alpha value is -2.92. The van der Waals surface area contributed by atoms with Gasteiger partial charge in [-0.3, -0.25) is 4.79 Å². The monoisotopic (exact) mass is 364 g/mol. The number of aryl methyl sites for hydroxylation is 2. The lowest BCUT2D eigenvalue weighted by molar-refractivity contribution is 0.0784. The smallest absolute Gasteiger partial charge is 0.253 e. The number of aliphatic hydroxyl groups excluding tert-OH is 1. The first-order chi connectivity index (χ1) is 12.9. The summed E-state index contributed by atoms with van der Waals surface area (Å²) in [5, 5.41) is 13.6. The zero-order chi connectivity index (χ0) is 19.6. The van der Waals surface area contributed by atoms with Crippen LogP contribution in [0.3, 0.4) is 0 Å². The van der Waals surface area contributed by atoms with Gasteiger partial charge in [0.05, 0.1) is 18.3 Å². The normalized spacial score (nSPS) is 12.0. The third kappa shape index (κ3) is 4.09. The first-order valence-corrected chi connectivity index (χ1v) is 8.92. The third-order valence-corrected chi connectivity index (χ3v) is 4.76. The minimum absolute atomic E-state index is 0.0579. The number of nitrogens with zero attached hydrogens (tertiary/aromatic N) is 2. The Balaban J connectivity index is 1.81. The van der Waals surface area contributed by atoms with Gasteiger partial charge in [0.2, 0.25) is 0 Å². The van der Waals surface area contributed by atoms with Gasteiger partial charge in [0, 0.05) is 18.2 Å². The van der Waals surface area contributed by atoms with Crippen molar-refractivity contribution in [2.75, 3.05) is 7.05 Å². The summed E-state index contributed by atoms with van der Waals surface area (Å²) in [5.41, 5.74) is 5.20. The molecule has 3 rings (SSSR count). The van der Waals surface area contributed by atoms with Gasteiger partial charge in [0.15, 0.2) is 0 Å². The maximum atomic E-state index is 12.9. The van der Waals surface area contributed by atoms with Crippen LogP contribution in [0.15, 0.2) is 53.1 Å². The molecular formula is C22H24N2O3. The van der Waals surface area contributed by atoms with Gasteiger partial charge in [-0.2, -0.15) is 0 Å². The second-order valence-electron chi connectivity index (χ2n) is 6.84. The summed E-state index contributed by atoms with van der Waals surface area (Å²) in [6, 6.07) is 15.3. The molecular weight excluding hydrogens is 340 g/mol. The highest BCUT2D eigenvalue weighted by atomic mass is 16.5. The Morgan fingerprint density at radius 2 is 1.85 bits per heavy atom. The Morgan fingerprint density at radius 1 is 1.15 bits per heavy atom. The lowest BCUT2D eigenvalue weighted by atomic mass is 10.00. The van der Waals surface area contributed by atoms with E-state index in [4.69, 9.17) is 4.52 Å². The largest absolute Gasteiger partial charge is 0.389 e. The molecule has 0 saturated heterocycles. The van der Waals surface area contributed by atoms with E-state index >= 15 is 0 Å². The van der Waals surface area contributed by atoms with E-state index in [0.717, 1.165) is 33.7 Å². The first-order valence-electron chi connectivity index (χ1n) is 8.92. The molecule has 1 N–H and O–H groups in total. The highest BCUT2D eigenvalue weighted by molar-refractivity contribution is 5.95. The average Bonchev–Trinajstić information content (AvgIpc) is 2.99. The van der Waals surface area contributed by atoms with E-state index < -0.39 is 6.10 Å². The van der Waals surface area contributed by atoms with Crippen LogP contribution in [0.4, 0.5) is 0 Å². The first kappa shape index (κ1) is 18.9. The van der Waals surface area contributed by atoms with Gasteiger partial charge in [-0.15, -0.1) is 0 Å². The highest BCUT2D eigenvalue weighted by Crippen LogP contribution is 2.24. The fraction of sp³-hybridized carbons (Fsp3) is 0.273. The van der Waals surface area contributed by atoms with Crippen LogP contribution in [0.2, 0.25) is 0 Å². The van der Waals surface area contributed by atoms with Crippen LogP contribution in [0, 0.1) is 13.8 Å². The van der Waals surface area contributed by atoms with E-state index in [9.17, 15) is 9.90 Å². The molecule has 27 heavy (non-hydrogen) atoms. The number of rotatable bonds is 5. The predicted octanol–water partition coefficient (Wildman–Crippen LogP) is 4.28. The molecule has 0 saturated carbocycles. The predicted molar refractivity (Wildman–Crippen MR) is 104 cm³/mol. The van der Waals surface area contributed by atoms with Crippen molar-refractivity contribution >= 4 is 5.91 Å². The second kappa shape index (κ2) is 7.76. The third-order valence-electron chi connectivity index (χ3n) is 4.76. The van der Waals surface area contributed by atoms with E-state index in [-0.39, 0.29) is 5.91 Å². The van der Waals surface area contributed by atoms with Crippen molar-refractivity contribution in [2.45, 2.75) is 33.4 Å². The molecule has 0 spiro atoms. The van der Waals surface area contributed by atoms with E-state index in [1.165, 1.54) is 0 Å². The lowest BCUT2D eigenvalue weighted by Gasteiger charge is -2.17. The summed E-state index contributed by atoms with van der Waals surface area (Å²) in [6.07, 6.45) is -0.495. The molecule has 140 valence electrons. The minimum Gasteiger partial charge on any atom is -0.389 e. The van der Waals surface area contributed by atoms with E-state index in [0.29, 0.717) is 12.1 Å². The Morgan fingerprint density at radius 3 is 2.44 bits per heavy atom. The van der Waals surface area contributed by atoms with Crippen molar-refractivity contribution in [3.05, 3.63) is 76.7 Å². The average molecular weight is 364 g/mol. The molecule has 1 heterocycles. The molecule has 3 aromatic rings. The van der Waals surface area contributed by atoms with Crippen molar-refractivity contribution in [2.24, 2.45) is 0 Å². The van der Waals surface area contributed by atoms with Crippen molar-refractivity contribution in [3.63, 3.8) is 0 Å². The van der Waals surface area contributed by atoms with Crippen molar-refractivity contribution in [3.8, 4) is 11.1 Å². The molecule has 1 amide bonds. The lowest BCUT2D eigenvalue weighted by Crippen LogP contribution is -2.26. The number of hydrogen-bond donors (Lipinski definition) is 1. The number of aromatic nitrogens is 1. The molecule has 0 fully saturated rings. The van der Waals surface area contributed by atoms with Gasteiger partial charge in [0.25, 0.3) is 5.91 Å². The van der Waals surface area contributed by atoms with Gasteiger partial charge in [-0.1, -0.05) is 41.6 Å². The number of carbonyl (C=O) groups excluding carboxylic acids is 1. The molecule has 0 aliphatic heterocycles. The van der Waals surface area contributed by atoms with Crippen LogP contribution < -0.4 is 0 Å². The molecule has 0 aliphatic carbocycles. The molecule has 2 aromatic carbocycles. The van der Waals surface area contributed by atoms with Gasteiger partial charge in [0.1, 0.15) is 5.76 Å². The van der Waals surface area contributed by atoms with Crippen LogP contribution in [0.1, 0.15) is 46.0 Å². The number of carbonyl (C=O) groups is 1. The summed E-state index contributed by atoms with van der Waals surface area (Å²) in [7, 11) is 1.78. The minimum atomic E-state index is -0.495. The highest BCUT2D eigenvalue weighted by Gasteiger charge is 2.17. The fourth-order valence-electron chi connectivity index (χ4n) is 3.04. The number of aliphatic hydroxyl groups is 1. The molecule has 0 radical (unpaired) electrons. The van der Waals surface area contributed by atoms with Crippen LogP contribution in [0.5, 0.6) is 0 Å². The second-order valence-corrected chi connectivity index (χ2v) is 6.84. The van der Waals surface area contributed by atoms with Gasteiger partial charge in [-0.25, -0.2) is 0 Å². The molecule has 0 bridgehead atoms. The van der Waals surface area contributed by atoms with E-state index in [1.54, 1.807) is 18.9 Å². The molecule has 5 heteroatoms. The van der Waals surface area contributed by atoms with Gasteiger partial charge >= 0.3 is 0 Å². The summed E-state index contributed by atoms with van der Waals surface area (Å²) < 4.78 is 5.18. The quantitative estimate of drug-likeness (QED) is 0.734. The van der Waals surface area contributed by atoms with Crippen LogP contribution in [-0.2, 0) is 6.54 Å². The van der Waals surface area contributed by atoms with Gasteiger partial charge < -0.3 is 14.5 Å². The zero-order valence-electron chi connectivity index (χ0n) is 16.1. The molecule has 0 aliphatic rings. The van der Waals surface area contributed by atoms with Crippen molar-refractivity contribution < 1.29 is 14.4 Å².